The number of carbonyl (C=O) groups excluding carboxylic acids is 1. The molecule has 2 aromatic carbocycles. The van der Waals surface area contributed by atoms with E-state index in [0.717, 1.165) is 46.8 Å². The summed E-state index contributed by atoms with van der Waals surface area (Å²) in [6.45, 7) is 3.03. The van der Waals surface area contributed by atoms with Crippen LogP contribution in [0.5, 0.6) is 5.75 Å². The molecule has 0 saturated carbocycles. The number of hydrogen-bond donors (Lipinski definition) is 1. The molecule has 0 bridgehead atoms. The van der Waals surface area contributed by atoms with Crippen molar-refractivity contribution in [3.63, 3.8) is 0 Å². The van der Waals surface area contributed by atoms with Crippen LogP contribution in [-0.2, 0) is 16.0 Å². The maximum atomic E-state index is 12.4. The average molecular weight is 392 g/mol. The molecule has 0 spiro atoms. The van der Waals surface area contributed by atoms with Crippen LogP contribution in [0.4, 0.5) is 11.5 Å². The number of hydrogen-bond acceptors (Lipinski definition) is 6. The molecule has 0 aliphatic carbocycles. The predicted octanol–water partition coefficient (Wildman–Crippen LogP) is 3.05. The third-order valence-corrected chi connectivity index (χ3v) is 4.98. The lowest BCUT2D eigenvalue weighted by atomic mass is 10.1. The lowest BCUT2D eigenvalue weighted by Crippen LogP contribution is -2.36. The van der Waals surface area contributed by atoms with Crippen LogP contribution in [0, 0.1) is 0 Å². The summed E-state index contributed by atoms with van der Waals surface area (Å²) < 4.78 is 10.7. The number of carbonyl (C=O) groups is 1. The number of aryl methyl sites for hydroxylation is 1. The second-order valence-corrected chi connectivity index (χ2v) is 6.93. The molecule has 1 amide bonds. The molecule has 1 aromatic heterocycles. The van der Waals surface area contributed by atoms with Gasteiger partial charge in [0.15, 0.2) is 0 Å². The molecule has 7 nitrogen and oxygen atoms in total. The number of anilines is 2. The fourth-order valence-electron chi connectivity index (χ4n) is 3.46. The van der Waals surface area contributed by atoms with Crippen LogP contribution in [0.15, 0.2) is 48.8 Å². The van der Waals surface area contributed by atoms with Crippen molar-refractivity contribution in [3.05, 3.63) is 54.4 Å². The van der Waals surface area contributed by atoms with Gasteiger partial charge in [-0.3, -0.25) is 4.79 Å². The lowest BCUT2D eigenvalue weighted by molar-refractivity contribution is -0.116. The van der Waals surface area contributed by atoms with Crippen LogP contribution in [0.3, 0.4) is 0 Å². The van der Waals surface area contributed by atoms with Crippen molar-refractivity contribution in [2.24, 2.45) is 0 Å². The summed E-state index contributed by atoms with van der Waals surface area (Å²) in [6.07, 6.45) is 2.62. The fraction of sp³-hybridized carbons (Fsp3) is 0.318. The molecular formula is C22H24N4O3. The van der Waals surface area contributed by atoms with Gasteiger partial charge in [-0.1, -0.05) is 12.1 Å². The number of rotatable bonds is 6. The minimum atomic E-state index is -0.0328. The van der Waals surface area contributed by atoms with E-state index in [1.54, 1.807) is 13.4 Å². The van der Waals surface area contributed by atoms with Gasteiger partial charge in [0, 0.05) is 30.6 Å². The first-order chi connectivity index (χ1) is 14.2. The summed E-state index contributed by atoms with van der Waals surface area (Å²) in [4.78, 5) is 23.4. The van der Waals surface area contributed by atoms with Crippen molar-refractivity contribution in [2.45, 2.75) is 12.8 Å². The Morgan fingerprint density at radius 1 is 1.17 bits per heavy atom. The normalized spacial score (nSPS) is 14.0. The Balaban J connectivity index is 1.43. The van der Waals surface area contributed by atoms with Crippen LogP contribution >= 0.6 is 0 Å². The highest BCUT2D eigenvalue weighted by atomic mass is 16.5. The highest BCUT2D eigenvalue weighted by Gasteiger charge is 2.16. The molecule has 0 unspecified atom stereocenters. The molecule has 0 radical (unpaired) electrons. The second-order valence-electron chi connectivity index (χ2n) is 6.93. The molecule has 2 heterocycles. The standard InChI is InChI=1S/C22H24N4O3/c1-28-18-4-2-3-16(13-18)5-8-21(27)25-17-6-7-19-20(14-17)23-15-24-22(19)26-9-11-29-12-10-26/h2-4,6-7,13-15H,5,8-12H2,1H3,(H,25,27). The van der Waals surface area contributed by atoms with Crippen molar-refractivity contribution >= 4 is 28.3 Å². The monoisotopic (exact) mass is 392 g/mol. The smallest absolute Gasteiger partial charge is 0.224 e. The highest BCUT2D eigenvalue weighted by Crippen LogP contribution is 2.26. The Hall–Kier alpha value is -3.19. The Labute approximate surface area is 169 Å². The zero-order valence-electron chi connectivity index (χ0n) is 16.4. The molecule has 1 aliphatic heterocycles. The van der Waals surface area contributed by atoms with Gasteiger partial charge in [-0.25, -0.2) is 9.97 Å². The number of nitrogens with one attached hydrogen (secondary N) is 1. The summed E-state index contributed by atoms with van der Waals surface area (Å²) >= 11 is 0. The van der Waals surface area contributed by atoms with Crippen molar-refractivity contribution in [1.29, 1.82) is 0 Å². The number of nitrogens with zero attached hydrogens (tertiary/aromatic N) is 3. The van der Waals surface area contributed by atoms with E-state index >= 15 is 0 Å². The number of fused-ring (bicyclic) bond motifs is 1. The molecule has 1 aliphatic rings. The zero-order chi connectivity index (χ0) is 20.1. The zero-order valence-corrected chi connectivity index (χ0v) is 16.4. The minimum Gasteiger partial charge on any atom is -0.497 e. The van der Waals surface area contributed by atoms with Crippen molar-refractivity contribution in [2.75, 3.05) is 43.6 Å². The Kier molecular flexibility index (Phi) is 5.86. The Bertz CT molecular complexity index is 1000. The molecule has 1 fully saturated rings. The van der Waals surface area contributed by atoms with Crippen LogP contribution in [-0.4, -0.2) is 49.3 Å². The van der Waals surface area contributed by atoms with Gasteiger partial charge in [0.05, 0.1) is 25.8 Å². The van der Waals surface area contributed by atoms with E-state index in [1.165, 1.54) is 0 Å². The summed E-state index contributed by atoms with van der Waals surface area (Å²) in [6, 6.07) is 13.5. The van der Waals surface area contributed by atoms with E-state index in [2.05, 4.69) is 20.2 Å². The van der Waals surface area contributed by atoms with E-state index in [-0.39, 0.29) is 5.91 Å². The third kappa shape index (κ3) is 4.63. The molecule has 3 aromatic rings. The second kappa shape index (κ2) is 8.87. The number of aromatic nitrogens is 2. The molecule has 1 N–H and O–H groups in total. The lowest BCUT2D eigenvalue weighted by Gasteiger charge is -2.28. The van der Waals surface area contributed by atoms with Crippen molar-refractivity contribution in [1.82, 2.24) is 9.97 Å². The van der Waals surface area contributed by atoms with Gasteiger partial charge in [-0.05, 0) is 42.3 Å². The van der Waals surface area contributed by atoms with Crippen molar-refractivity contribution in [3.8, 4) is 5.75 Å². The van der Waals surface area contributed by atoms with E-state index in [4.69, 9.17) is 9.47 Å². The number of amides is 1. The van der Waals surface area contributed by atoms with Gasteiger partial charge in [0.25, 0.3) is 0 Å². The number of ether oxygens (including phenoxy) is 2. The summed E-state index contributed by atoms with van der Waals surface area (Å²) in [5.41, 5.74) is 2.62. The van der Waals surface area contributed by atoms with Gasteiger partial charge >= 0.3 is 0 Å². The number of methoxy groups -OCH3 is 1. The van der Waals surface area contributed by atoms with Gasteiger partial charge < -0.3 is 19.7 Å². The van der Waals surface area contributed by atoms with E-state index in [0.29, 0.717) is 26.1 Å². The Morgan fingerprint density at radius 2 is 2.03 bits per heavy atom. The fourth-order valence-corrected chi connectivity index (χ4v) is 3.46. The molecule has 4 rings (SSSR count). The minimum absolute atomic E-state index is 0.0328. The van der Waals surface area contributed by atoms with Crippen LogP contribution in [0.25, 0.3) is 10.9 Å². The van der Waals surface area contributed by atoms with Crippen LogP contribution in [0.2, 0.25) is 0 Å². The molecule has 150 valence electrons. The predicted molar refractivity (Wildman–Crippen MR) is 113 cm³/mol. The first kappa shape index (κ1) is 19.1. The maximum Gasteiger partial charge on any atom is 0.224 e. The van der Waals surface area contributed by atoms with E-state index < -0.39 is 0 Å². The van der Waals surface area contributed by atoms with E-state index in [1.807, 2.05) is 42.5 Å². The quantitative estimate of drug-likeness (QED) is 0.695. The SMILES string of the molecule is COc1cccc(CCC(=O)Nc2ccc3c(N4CCOCC4)ncnc3c2)c1. The van der Waals surface area contributed by atoms with Gasteiger partial charge in [0.2, 0.25) is 5.91 Å². The van der Waals surface area contributed by atoms with Crippen LogP contribution in [0.1, 0.15) is 12.0 Å². The largest absolute Gasteiger partial charge is 0.497 e. The Morgan fingerprint density at radius 3 is 2.86 bits per heavy atom. The molecular weight excluding hydrogens is 368 g/mol. The number of benzene rings is 2. The average Bonchev–Trinajstić information content (AvgIpc) is 2.78. The summed E-state index contributed by atoms with van der Waals surface area (Å²) in [7, 11) is 1.64. The molecule has 1 saturated heterocycles. The topological polar surface area (TPSA) is 76.6 Å². The van der Waals surface area contributed by atoms with Gasteiger partial charge in [0.1, 0.15) is 17.9 Å². The first-order valence-electron chi connectivity index (χ1n) is 9.73. The maximum absolute atomic E-state index is 12.4. The third-order valence-electron chi connectivity index (χ3n) is 4.98. The van der Waals surface area contributed by atoms with E-state index in [9.17, 15) is 4.79 Å². The highest BCUT2D eigenvalue weighted by molar-refractivity contribution is 5.96. The summed E-state index contributed by atoms with van der Waals surface area (Å²) in [5.74, 6) is 1.68. The number of morpholine rings is 1. The first-order valence-corrected chi connectivity index (χ1v) is 9.73. The molecule has 0 atom stereocenters. The molecule has 7 heteroatoms. The summed E-state index contributed by atoms with van der Waals surface area (Å²) in [5, 5.41) is 3.94. The van der Waals surface area contributed by atoms with Crippen LogP contribution < -0.4 is 15.0 Å². The molecule has 29 heavy (non-hydrogen) atoms. The van der Waals surface area contributed by atoms with Gasteiger partial charge in [-0.15, -0.1) is 0 Å². The van der Waals surface area contributed by atoms with Gasteiger partial charge in [-0.2, -0.15) is 0 Å². The van der Waals surface area contributed by atoms with Crippen molar-refractivity contribution < 1.29 is 14.3 Å².